The van der Waals surface area contributed by atoms with Crippen LogP contribution >= 0.6 is 0 Å². The molecule has 150 valence electrons. The number of nitrogens with zero attached hydrogens (tertiary/aromatic N) is 6. The zero-order valence-corrected chi connectivity index (χ0v) is 16.3. The molecule has 0 fully saturated rings. The molecular formula is C20H22FN7O. The Hall–Kier alpha value is -3.49. The molecule has 0 saturated heterocycles. The van der Waals surface area contributed by atoms with Crippen LogP contribution in [0.5, 0.6) is 0 Å². The number of hydrogen-bond donors (Lipinski definition) is 1. The van der Waals surface area contributed by atoms with Gasteiger partial charge in [0, 0.05) is 31.9 Å². The number of carbonyl (C=O) groups excluding carboxylic acids is 1. The molecule has 0 atom stereocenters. The Morgan fingerprint density at radius 1 is 1.17 bits per heavy atom. The molecule has 4 rings (SSSR count). The number of hydrogen-bond acceptors (Lipinski definition) is 6. The largest absolute Gasteiger partial charge is 0.350 e. The number of carbonyl (C=O) groups is 1. The maximum Gasteiger partial charge on any atom is 0.246 e. The highest BCUT2D eigenvalue weighted by atomic mass is 19.1. The van der Waals surface area contributed by atoms with Gasteiger partial charge in [0.2, 0.25) is 11.9 Å². The van der Waals surface area contributed by atoms with Crippen molar-refractivity contribution in [2.24, 2.45) is 0 Å². The van der Waals surface area contributed by atoms with Crippen molar-refractivity contribution in [3.8, 4) is 0 Å². The number of rotatable bonds is 6. The van der Waals surface area contributed by atoms with Crippen molar-refractivity contribution in [1.82, 2.24) is 19.7 Å². The molecule has 0 spiro atoms. The molecule has 29 heavy (non-hydrogen) atoms. The van der Waals surface area contributed by atoms with Crippen molar-refractivity contribution >= 4 is 23.4 Å². The van der Waals surface area contributed by atoms with Crippen LogP contribution in [0, 0.1) is 5.82 Å². The molecule has 8 nitrogen and oxygen atoms in total. The maximum absolute atomic E-state index is 13.0. The van der Waals surface area contributed by atoms with E-state index in [4.69, 9.17) is 0 Å². The van der Waals surface area contributed by atoms with Crippen molar-refractivity contribution in [2.75, 3.05) is 35.3 Å². The Balaban J connectivity index is 1.42. The molecule has 2 aromatic heterocycles. The first-order valence-electron chi connectivity index (χ1n) is 9.41. The van der Waals surface area contributed by atoms with Crippen LogP contribution in [-0.2, 0) is 17.9 Å². The van der Waals surface area contributed by atoms with Gasteiger partial charge in [-0.2, -0.15) is 10.1 Å². The minimum Gasteiger partial charge on any atom is -0.350 e. The van der Waals surface area contributed by atoms with Crippen molar-refractivity contribution < 1.29 is 9.18 Å². The van der Waals surface area contributed by atoms with Crippen LogP contribution in [0.25, 0.3) is 0 Å². The molecule has 1 aliphatic rings. The fourth-order valence-electron chi connectivity index (χ4n) is 3.31. The highest BCUT2D eigenvalue weighted by Gasteiger charge is 2.28. The van der Waals surface area contributed by atoms with Crippen molar-refractivity contribution in [3.63, 3.8) is 0 Å². The molecule has 9 heteroatoms. The topological polar surface area (TPSA) is 79.2 Å². The van der Waals surface area contributed by atoms with Gasteiger partial charge < -0.3 is 15.1 Å². The molecule has 0 bridgehead atoms. The summed E-state index contributed by atoms with van der Waals surface area (Å²) in [6, 6.07) is 6.38. The fourth-order valence-corrected chi connectivity index (χ4v) is 3.31. The highest BCUT2D eigenvalue weighted by molar-refractivity contribution is 6.02. The normalized spacial score (nSPS) is 13.6. The zero-order chi connectivity index (χ0) is 20.4. The lowest BCUT2D eigenvalue weighted by Gasteiger charge is -2.33. The van der Waals surface area contributed by atoms with Gasteiger partial charge in [-0.3, -0.25) is 9.48 Å². The minimum absolute atomic E-state index is 0.0420. The summed E-state index contributed by atoms with van der Waals surface area (Å²) < 4.78 is 14.8. The summed E-state index contributed by atoms with van der Waals surface area (Å²) in [6.45, 7) is 3.91. The van der Waals surface area contributed by atoms with Gasteiger partial charge in [0.15, 0.2) is 5.82 Å². The Morgan fingerprint density at radius 3 is 2.72 bits per heavy atom. The van der Waals surface area contributed by atoms with Crippen LogP contribution < -0.4 is 15.1 Å². The molecule has 0 saturated carbocycles. The number of likely N-dealkylation sites (N-methyl/N-ethyl adjacent to an activating group) is 2. The van der Waals surface area contributed by atoms with Gasteiger partial charge in [-0.05, 0) is 24.6 Å². The van der Waals surface area contributed by atoms with Crippen molar-refractivity contribution in [2.45, 2.75) is 20.0 Å². The average Bonchev–Trinajstić information content (AvgIpc) is 3.16. The van der Waals surface area contributed by atoms with Crippen LogP contribution in [0.4, 0.5) is 21.8 Å². The third-order valence-electron chi connectivity index (χ3n) is 4.79. The first kappa shape index (κ1) is 18.9. The summed E-state index contributed by atoms with van der Waals surface area (Å²) >= 11 is 0. The third kappa shape index (κ3) is 4.03. The number of aromatic nitrogens is 4. The number of fused-ring (bicyclic) bond motifs is 1. The molecule has 1 amide bonds. The molecule has 1 aromatic carbocycles. The van der Waals surface area contributed by atoms with E-state index in [-0.39, 0.29) is 11.7 Å². The van der Waals surface area contributed by atoms with Gasteiger partial charge in [-0.25, -0.2) is 9.37 Å². The van der Waals surface area contributed by atoms with E-state index in [9.17, 15) is 9.18 Å². The summed E-state index contributed by atoms with van der Waals surface area (Å²) in [5.74, 6) is 1.02. The Kier molecular flexibility index (Phi) is 5.11. The minimum atomic E-state index is -0.249. The van der Waals surface area contributed by atoms with Crippen LogP contribution in [0.15, 0.2) is 42.9 Å². The zero-order valence-electron chi connectivity index (χ0n) is 16.3. The van der Waals surface area contributed by atoms with Crippen LogP contribution in [0.3, 0.4) is 0 Å². The molecule has 0 radical (unpaired) electrons. The monoisotopic (exact) mass is 395 g/mol. The second-order valence-electron chi connectivity index (χ2n) is 6.92. The van der Waals surface area contributed by atoms with Gasteiger partial charge in [-0.1, -0.05) is 12.1 Å². The standard InChI is InChI=1S/C20H22FN7O/c1-3-28-17-10-23-20(25-19(17)26(2)13-18(28)29)22-8-15-9-24-27(12-15)11-14-4-6-16(21)7-5-14/h4-7,9-10,12H,3,8,11,13H2,1-2H3,(H,22,23,25). The van der Waals surface area contributed by atoms with E-state index in [1.54, 1.807) is 34.1 Å². The van der Waals surface area contributed by atoms with Gasteiger partial charge in [0.05, 0.1) is 25.5 Å². The first-order valence-corrected chi connectivity index (χ1v) is 9.41. The van der Waals surface area contributed by atoms with Gasteiger partial charge in [-0.15, -0.1) is 0 Å². The lowest BCUT2D eigenvalue weighted by molar-refractivity contribution is -0.117. The van der Waals surface area contributed by atoms with Gasteiger partial charge in [0.1, 0.15) is 11.5 Å². The summed E-state index contributed by atoms with van der Waals surface area (Å²) in [5, 5.41) is 7.55. The SMILES string of the molecule is CCN1C(=O)CN(C)c2nc(NCc3cnn(Cc4ccc(F)cc4)c3)ncc21. The number of amides is 1. The predicted octanol–water partition coefficient (Wildman–Crippen LogP) is 2.28. The van der Waals surface area contributed by atoms with E-state index in [0.29, 0.717) is 32.1 Å². The van der Waals surface area contributed by atoms with E-state index >= 15 is 0 Å². The van der Waals surface area contributed by atoms with E-state index in [2.05, 4.69) is 20.4 Å². The van der Waals surface area contributed by atoms with Gasteiger partial charge >= 0.3 is 0 Å². The van der Waals surface area contributed by atoms with E-state index < -0.39 is 0 Å². The third-order valence-corrected chi connectivity index (χ3v) is 4.79. The molecule has 1 N–H and O–H groups in total. The second kappa shape index (κ2) is 7.86. The first-order chi connectivity index (χ1) is 14.0. The number of halogens is 1. The lowest BCUT2D eigenvalue weighted by Crippen LogP contribution is -2.44. The van der Waals surface area contributed by atoms with E-state index in [1.165, 1.54) is 12.1 Å². The quantitative estimate of drug-likeness (QED) is 0.690. The van der Waals surface area contributed by atoms with Crippen LogP contribution in [-0.4, -0.2) is 45.8 Å². The smallest absolute Gasteiger partial charge is 0.246 e. The van der Waals surface area contributed by atoms with Crippen LogP contribution in [0.2, 0.25) is 0 Å². The molecule has 0 aliphatic carbocycles. The van der Waals surface area contributed by atoms with E-state index in [1.807, 2.05) is 25.1 Å². The molecular weight excluding hydrogens is 373 g/mol. The number of nitrogens with one attached hydrogen (secondary N) is 1. The molecule has 0 unspecified atom stereocenters. The summed E-state index contributed by atoms with van der Waals surface area (Å²) in [4.78, 5) is 24.6. The Morgan fingerprint density at radius 2 is 1.97 bits per heavy atom. The van der Waals surface area contributed by atoms with E-state index in [0.717, 1.165) is 22.6 Å². The Bertz CT molecular complexity index is 1020. The molecule has 1 aliphatic heterocycles. The second-order valence-corrected chi connectivity index (χ2v) is 6.92. The van der Waals surface area contributed by atoms with Gasteiger partial charge in [0.25, 0.3) is 0 Å². The summed E-state index contributed by atoms with van der Waals surface area (Å²) in [6.07, 6.45) is 5.39. The maximum atomic E-state index is 13.0. The highest BCUT2D eigenvalue weighted by Crippen LogP contribution is 2.30. The van der Waals surface area contributed by atoms with Crippen molar-refractivity contribution in [3.05, 3.63) is 59.8 Å². The van der Waals surface area contributed by atoms with Crippen molar-refractivity contribution in [1.29, 1.82) is 0 Å². The summed E-state index contributed by atoms with van der Waals surface area (Å²) in [7, 11) is 1.85. The molecule has 3 heterocycles. The fraction of sp³-hybridized carbons (Fsp3) is 0.300. The Labute approximate surface area is 168 Å². The number of anilines is 3. The van der Waals surface area contributed by atoms with Crippen LogP contribution in [0.1, 0.15) is 18.1 Å². The average molecular weight is 395 g/mol. The lowest BCUT2D eigenvalue weighted by atomic mass is 10.2. The predicted molar refractivity (Wildman–Crippen MR) is 108 cm³/mol. The summed E-state index contributed by atoms with van der Waals surface area (Å²) in [5.41, 5.74) is 2.68. The number of benzene rings is 1. The molecule has 3 aromatic rings.